The summed E-state index contributed by atoms with van der Waals surface area (Å²) in [6.07, 6.45) is 8.38. The van der Waals surface area contributed by atoms with Crippen LogP contribution < -0.4 is 21.9 Å². The first-order valence-corrected chi connectivity index (χ1v) is 11.6. The summed E-state index contributed by atoms with van der Waals surface area (Å²) in [5.41, 5.74) is 9.01. The van der Waals surface area contributed by atoms with Gasteiger partial charge in [-0.05, 0) is 31.7 Å². The molecule has 0 aromatic carbocycles. The second kappa shape index (κ2) is 32.7. The fourth-order valence-electron chi connectivity index (χ4n) is 1.52. The molecular formula is C18H41N4O3S2-. The molecule has 0 heterocycles. The third-order valence-electron chi connectivity index (χ3n) is 2.84. The van der Waals surface area contributed by atoms with Gasteiger partial charge in [0.05, 0.1) is 0 Å². The van der Waals surface area contributed by atoms with Crippen LogP contribution in [0.1, 0.15) is 72.6 Å². The fraction of sp³-hybridized carbons (Fsp3) is 0.833. The number of carbonyl (C=O) groups excluding carboxylic acids is 2. The highest BCUT2D eigenvalue weighted by molar-refractivity contribution is 8.76. The minimum absolute atomic E-state index is 0. The topological polar surface area (TPSA) is 145 Å². The standard InChI is InChI=1S/C11H24N2OS2.C5H11NO.CH3NO.CH4/c1-2-3-4-5-7-13-8-10-16-15-9-6-11(12)14;1-2-3-4-5(6)7;2-1-3;/h13H,2-10H2,1H3,(H2,12,14);2-4H2,1H3,(H2,6,7);1H,(H2,2,3);1H4/p-1. The lowest BCUT2D eigenvalue weighted by Crippen LogP contribution is -2.18. The predicted octanol–water partition coefficient (Wildman–Crippen LogP) is 2.66. The lowest BCUT2D eigenvalue weighted by atomic mass is 10.2. The lowest BCUT2D eigenvalue weighted by molar-refractivity contribution is -0.219. The molecule has 0 spiro atoms. The molecule has 0 fully saturated rings. The number of nitrogens with one attached hydrogen (secondary N) is 2. The Balaban J connectivity index is -0.000000201. The first-order chi connectivity index (χ1) is 12.5. The molecule has 0 unspecified atom stereocenters. The highest BCUT2D eigenvalue weighted by Crippen LogP contribution is 2.20. The van der Waals surface area contributed by atoms with E-state index < -0.39 is 5.90 Å². The maximum atomic E-state index is 10.3. The van der Waals surface area contributed by atoms with Gasteiger partial charge in [-0.2, -0.15) is 0 Å². The Morgan fingerprint density at radius 3 is 2.04 bits per heavy atom. The SMILES string of the molecule is C.CCCCC(N)=O.CCCCCCNCCSSCCC(=N)[O-].NC=O. The average molecular weight is 426 g/mol. The Hall–Kier alpha value is -0.930. The van der Waals surface area contributed by atoms with Crippen LogP contribution >= 0.6 is 21.6 Å². The number of rotatable bonds is 15. The van der Waals surface area contributed by atoms with E-state index in [1.807, 2.05) is 6.92 Å². The van der Waals surface area contributed by atoms with E-state index in [0.29, 0.717) is 12.8 Å². The Morgan fingerprint density at radius 2 is 1.59 bits per heavy atom. The van der Waals surface area contributed by atoms with Gasteiger partial charge in [-0.1, -0.05) is 68.5 Å². The third-order valence-corrected chi connectivity index (χ3v) is 5.25. The molecule has 9 heteroatoms. The summed E-state index contributed by atoms with van der Waals surface area (Å²) >= 11 is 0. The molecule has 0 aliphatic rings. The number of hydrogen-bond donors (Lipinski definition) is 4. The van der Waals surface area contributed by atoms with Crippen LogP contribution in [-0.4, -0.2) is 42.8 Å². The summed E-state index contributed by atoms with van der Waals surface area (Å²) < 4.78 is 0. The van der Waals surface area contributed by atoms with Gasteiger partial charge in [-0.3, -0.25) is 9.59 Å². The van der Waals surface area contributed by atoms with Crippen LogP contribution in [0.3, 0.4) is 0 Å². The molecule has 0 bridgehead atoms. The molecule has 0 aromatic rings. The van der Waals surface area contributed by atoms with Crippen molar-refractivity contribution in [1.82, 2.24) is 5.32 Å². The smallest absolute Gasteiger partial charge is 0.217 e. The Labute approximate surface area is 174 Å². The predicted molar refractivity (Wildman–Crippen MR) is 120 cm³/mol. The first-order valence-electron chi connectivity index (χ1n) is 9.09. The molecule has 0 atom stereocenters. The van der Waals surface area contributed by atoms with Crippen LogP contribution in [0.5, 0.6) is 0 Å². The van der Waals surface area contributed by atoms with Crippen molar-refractivity contribution in [2.24, 2.45) is 11.5 Å². The summed E-state index contributed by atoms with van der Waals surface area (Å²) in [5, 5.41) is 20.5. The van der Waals surface area contributed by atoms with Crippen molar-refractivity contribution in [1.29, 1.82) is 5.41 Å². The van der Waals surface area contributed by atoms with Gasteiger partial charge in [0, 0.05) is 24.5 Å². The summed E-state index contributed by atoms with van der Waals surface area (Å²) in [5.74, 6) is 1.19. The Bertz CT molecular complexity index is 323. The molecule has 0 aliphatic heterocycles. The quantitative estimate of drug-likeness (QED) is 0.104. The molecule has 7 nitrogen and oxygen atoms in total. The number of hydrogen-bond acceptors (Lipinski definition) is 7. The Kier molecular flexibility index (Phi) is 40.8. The third kappa shape index (κ3) is 51.7. The maximum Gasteiger partial charge on any atom is 0.217 e. The number of amides is 2. The molecule has 0 aromatic heterocycles. The van der Waals surface area contributed by atoms with E-state index in [1.54, 1.807) is 21.6 Å². The van der Waals surface area contributed by atoms with Crippen molar-refractivity contribution < 1.29 is 14.7 Å². The van der Waals surface area contributed by atoms with Crippen LogP contribution in [0.4, 0.5) is 0 Å². The van der Waals surface area contributed by atoms with E-state index in [4.69, 9.17) is 15.9 Å². The number of primary amides is 2. The summed E-state index contributed by atoms with van der Waals surface area (Å²) in [6.45, 7) is 6.42. The van der Waals surface area contributed by atoms with Crippen LogP contribution in [0.15, 0.2) is 0 Å². The van der Waals surface area contributed by atoms with Gasteiger partial charge in [0.2, 0.25) is 12.3 Å². The average Bonchev–Trinajstić information content (AvgIpc) is 2.59. The van der Waals surface area contributed by atoms with Crippen molar-refractivity contribution in [3.8, 4) is 0 Å². The zero-order valence-corrected chi connectivity index (χ0v) is 17.9. The second-order valence-corrected chi connectivity index (χ2v) is 8.04. The van der Waals surface area contributed by atoms with Crippen molar-refractivity contribution in [3.63, 3.8) is 0 Å². The van der Waals surface area contributed by atoms with E-state index in [-0.39, 0.29) is 19.7 Å². The highest BCUT2D eigenvalue weighted by atomic mass is 33.1. The minimum atomic E-state index is -0.456. The largest absolute Gasteiger partial charge is 0.862 e. The zero-order valence-electron chi connectivity index (χ0n) is 16.3. The lowest BCUT2D eigenvalue weighted by Gasteiger charge is -2.06. The second-order valence-electron chi connectivity index (χ2n) is 5.33. The van der Waals surface area contributed by atoms with Crippen molar-refractivity contribution in [3.05, 3.63) is 0 Å². The number of unbranched alkanes of at least 4 members (excludes halogenated alkanes) is 4. The van der Waals surface area contributed by atoms with Crippen molar-refractivity contribution >= 4 is 39.8 Å². The van der Waals surface area contributed by atoms with Crippen LogP contribution in [0.2, 0.25) is 0 Å². The van der Waals surface area contributed by atoms with Crippen LogP contribution in [0.25, 0.3) is 0 Å². The van der Waals surface area contributed by atoms with Gasteiger partial charge in [0.15, 0.2) is 0 Å². The van der Waals surface area contributed by atoms with E-state index in [9.17, 15) is 9.90 Å². The minimum Gasteiger partial charge on any atom is -0.862 e. The van der Waals surface area contributed by atoms with Gasteiger partial charge in [-0.25, -0.2) is 0 Å². The number of nitrogens with two attached hydrogens (primary N) is 2. The van der Waals surface area contributed by atoms with E-state index in [1.165, 1.54) is 25.7 Å². The molecule has 164 valence electrons. The molecule has 0 radical (unpaired) electrons. The molecule has 0 rings (SSSR count). The fourth-order valence-corrected chi connectivity index (χ4v) is 3.46. The van der Waals surface area contributed by atoms with E-state index in [0.717, 1.165) is 37.4 Å². The van der Waals surface area contributed by atoms with Gasteiger partial charge in [-0.15, -0.1) is 0 Å². The summed E-state index contributed by atoms with van der Waals surface area (Å²) in [6, 6.07) is 0. The molecule has 2 amide bonds. The van der Waals surface area contributed by atoms with Gasteiger partial charge in [0.1, 0.15) is 0 Å². The van der Waals surface area contributed by atoms with Crippen molar-refractivity contribution in [2.45, 2.75) is 72.6 Å². The van der Waals surface area contributed by atoms with Crippen LogP contribution in [-0.2, 0) is 9.59 Å². The van der Waals surface area contributed by atoms with Crippen molar-refractivity contribution in [2.75, 3.05) is 24.6 Å². The van der Waals surface area contributed by atoms with Gasteiger partial charge >= 0.3 is 0 Å². The molecule has 0 saturated carbocycles. The van der Waals surface area contributed by atoms with E-state index >= 15 is 0 Å². The molecule has 6 N–H and O–H groups in total. The molecule has 0 saturated heterocycles. The molecule has 0 aliphatic carbocycles. The highest BCUT2D eigenvalue weighted by Gasteiger charge is 1.92. The number of carbonyl (C=O) groups is 2. The van der Waals surface area contributed by atoms with E-state index in [2.05, 4.69) is 18.0 Å². The Morgan fingerprint density at radius 1 is 1.04 bits per heavy atom. The first kappa shape index (κ1) is 33.6. The van der Waals surface area contributed by atoms with Crippen LogP contribution in [0, 0.1) is 5.41 Å². The van der Waals surface area contributed by atoms with Gasteiger partial charge in [0.25, 0.3) is 0 Å². The maximum absolute atomic E-state index is 10.3. The molecule has 27 heavy (non-hydrogen) atoms. The monoisotopic (exact) mass is 425 g/mol. The normalized spacial score (nSPS) is 8.96. The van der Waals surface area contributed by atoms with Gasteiger partial charge < -0.3 is 27.3 Å². The summed E-state index contributed by atoms with van der Waals surface area (Å²) in [4.78, 5) is 18.6. The molecular weight excluding hydrogens is 384 g/mol. The summed E-state index contributed by atoms with van der Waals surface area (Å²) in [7, 11) is 3.47. The zero-order chi connectivity index (χ0) is 20.5.